The lowest BCUT2D eigenvalue weighted by molar-refractivity contribution is -0.133. The SMILES string of the molecule is CC(C)Oc1ccc(-c2nnc(-c3cccc4c3CCC43CCN(C(=O)CO)C3)s2)cc1C#N. The Morgan fingerprint density at radius 3 is 2.85 bits per heavy atom. The lowest BCUT2D eigenvalue weighted by Crippen LogP contribution is -2.34. The summed E-state index contributed by atoms with van der Waals surface area (Å²) < 4.78 is 5.73. The van der Waals surface area contributed by atoms with E-state index in [0.717, 1.165) is 40.4 Å². The number of aliphatic hydroxyl groups excluding tert-OH is 1. The molecule has 174 valence electrons. The molecule has 1 aromatic heterocycles. The van der Waals surface area contributed by atoms with Crippen LogP contribution in [0.2, 0.25) is 0 Å². The number of hydrogen-bond acceptors (Lipinski definition) is 7. The smallest absolute Gasteiger partial charge is 0.248 e. The van der Waals surface area contributed by atoms with E-state index in [0.29, 0.717) is 24.4 Å². The number of carbonyl (C=O) groups is 1. The molecule has 2 aromatic carbocycles. The van der Waals surface area contributed by atoms with Gasteiger partial charge in [-0.3, -0.25) is 4.79 Å². The van der Waals surface area contributed by atoms with Crippen LogP contribution in [0.25, 0.3) is 21.1 Å². The minimum atomic E-state index is -0.436. The van der Waals surface area contributed by atoms with Crippen LogP contribution in [-0.4, -0.2) is 51.9 Å². The minimum absolute atomic E-state index is 0.0109. The molecule has 5 rings (SSSR count). The zero-order valence-corrected chi connectivity index (χ0v) is 20.1. The first-order valence-electron chi connectivity index (χ1n) is 11.5. The van der Waals surface area contributed by atoms with E-state index < -0.39 is 6.61 Å². The topological polar surface area (TPSA) is 99.3 Å². The second-order valence-corrected chi connectivity index (χ2v) is 10.2. The van der Waals surface area contributed by atoms with Gasteiger partial charge < -0.3 is 14.7 Å². The molecule has 1 fully saturated rings. The van der Waals surface area contributed by atoms with Crippen molar-refractivity contribution in [3.05, 3.63) is 53.1 Å². The van der Waals surface area contributed by atoms with Crippen molar-refractivity contribution in [2.45, 2.75) is 44.6 Å². The Morgan fingerprint density at radius 1 is 1.26 bits per heavy atom. The molecule has 2 heterocycles. The number of benzene rings is 2. The Hall–Kier alpha value is -3.28. The third kappa shape index (κ3) is 3.85. The number of aliphatic hydroxyl groups is 1. The van der Waals surface area contributed by atoms with Crippen LogP contribution in [0.3, 0.4) is 0 Å². The Labute approximate surface area is 202 Å². The molecule has 8 heteroatoms. The molecule has 1 N–H and O–H groups in total. The molecule has 0 saturated carbocycles. The molecule has 34 heavy (non-hydrogen) atoms. The number of hydrogen-bond donors (Lipinski definition) is 1. The molecule has 1 amide bonds. The monoisotopic (exact) mass is 474 g/mol. The average molecular weight is 475 g/mol. The van der Waals surface area contributed by atoms with Crippen molar-refractivity contribution >= 4 is 17.2 Å². The molecule has 7 nitrogen and oxygen atoms in total. The summed E-state index contributed by atoms with van der Waals surface area (Å²) in [7, 11) is 0. The van der Waals surface area contributed by atoms with Crippen molar-refractivity contribution in [1.82, 2.24) is 15.1 Å². The van der Waals surface area contributed by atoms with Gasteiger partial charge in [-0.25, -0.2) is 0 Å². The first kappa shape index (κ1) is 22.5. The van der Waals surface area contributed by atoms with Crippen LogP contribution < -0.4 is 4.74 Å². The number of likely N-dealkylation sites (tertiary alicyclic amines) is 1. The fraction of sp³-hybridized carbons (Fsp3) is 0.385. The number of nitriles is 1. The van der Waals surface area contributed by atoms with E-state index in [1.807, 2.05) is 26.0 Å². The predicted molar refractivity (Wildman–Crippen MR) is 130 cm³/mol. The van der Waals surface area contributed by atoms with Gasteiger partial charge in [-0.1, -0.05) is 29.5 Å². The molecule has 1 atom stereocenters. The quantitative estimate of drug-likeness (QED) is 0.601. The summed E-state index contributed by atoms with van der Waals surface area (Å²) in [6.07, 6.45) is 2.83. The molecule has 1 aliphatic carbocycles. The van der Waals surface area contributed by atoms with E-state index in [1.165, 1.54) is 22.5 Å². The van der Waals surface area contributed by atoms with E-state index >= 15 is 0 Å². The Balaban J connectivity index is 1.45. The molecule has 2 aliphatic rings. The van der Waals surface area contributed by atoms with Gasteiger partial charge in [0.05, 0.1) is 11.7 Å². The van der Waals surface area contributed by atoms with E-state index in [4.69, 9.17) is 4.74 Å². The Bertz CT molecular complexity index is 1300. The van der Waals surface area contributed by atoms with Crippen molar-refractivity contribution < 1.29 is 14.6 Å². The summed E-state index contributed by atoms with van der Waals surface area (Å²) in [6, 6.07) is 14.1. The predicted octanol–water partition coefficient (Wildman–Crippen LogP) is 3.94. The Kier molecular flexibility index (Phi) is 5.84. The van der Waals surface area contributed by atoms with Gasteiger partial charge in [0, 0.05) is 29.6 Å². The van der Waals surface area contributed by atoms with Crippen molar-refractivity contribution in [3.8, 4) is 33.0 Å². The number of rotatable bonds is 5. The van der Waals surface area contributed by atoms with E-state index in [1.54, 1.807) is 11.0 Å². The van der Waals surface area contributed by atoms with Crippen molar-refractivity contribution in [3.63, 3.8) is 0 Å². The second kappa shape index (κ2) is 8.82. The van der Waals surface area contributed by atoms with Crippen LogP contribution in [0.1, 0.15) is 43.4 Å². The molecule has 1 aliphatic heterocycles. The maximum Gasteiger partial charge on any atom is 0.248 e. The highest BCUT2D eigenvalue weighted by Gasteiger charge is 2.45. The van der Waals surface area contributed by atoms with E-state index in [-0.39, 0.29) is 17.4 Å². The van der Waals surface area contributed by atoms with Gasteiger partial charge in [0.25, 0.3) is 0 Å². The molecule has 1 saturated heterocycles. The van der Waals surface area contributed by atoms with Gasteiger partial charge in [-0.05, 0) is 62.4 Å². The first-order valence-corrected chi connectivity index (χ1v) is 12.3. The van der Waals surface area contributed by atoms with Crippen LogP contribution in [0.4, 0.5) is 0 Å². The zero-order valence-electron chi connectivity index (χ0n) is 19.2. The van der Waals surface area contributed by atoms with Crippen molar-refractivity contribution in [1.29, 1.82) is 5.26 Å². The van der Waals surface area contributed by atoms with Crippen LogP contribution in [0.15, 0.2) is 36.4 Å². The number of fused-ring (bicyclic) bond motifs is 2. The largest absolute Gasteiger partial charge is 0.490 e. The van der Waals surface area contributed by atoms with E-state index in [2.05, 4.69) is 34.5 Å². The molecular formula is C26H26N4O3S. The highest BCUT2D eigenvalue weighted by molar-refractivity contribution is 7.17. The first-order chi connectivity index (χ1) is 16.4. The van der Waals surface area contributed by atoms with Gasteiger partial charge in [0.1, 0.15) is 28.4 Å². The number of nitrogens with zero attached hydrogens (tertiary/aromatic N) is 4. The summed E-state index contributed by atoms with van der Waals surface area (Å²) in [5, 5.41) is 29.4. The summed E-state index contributed by atoms with van der Waals surface area (Å²) >= 11 is 1.51. The number of ether oxygens (including phenoxy) is 1. The third-order valence-electron chi connectivity index (χ3n) is 6.81. The van der Waals surface area contributed by atoms with Crippen molar-refractivity contribution in [2.24, 2.45) is 0 Å². The number of amides is 1. The summed E-state index contributed by atoms with van der Waals surface area (Å²) in [5.74, 6) is 0.374. The molecule has 0 radical (unpaired) electrons. The summed E-state index contributed by atoms with van der Waals surface area (Å²) in [6.45, 7) is 4.77. The Morgan fingerprint density at radius 2 is 2.09 bits per heavy atom. The fourth-order valence-electron chi connectivity index (χ4n) is 5.22. The minimum Gasteiger partial charge on any atom is -0.490 e. The molecular weight excluding hydrogens is 448 g/mol. The normalized spacial score (nSPS) is 19.0. The van der Waals surface area contributed by atoms with Crippen molar-refractivity contribution in [2.75, 3.05) is 19.7 Å². The molecule has 3 aromatic rings. The van der Waals surface area contributed by atoms with Crippen LogP contribution >= 0.6 is 11.3 Å². The fourth-order valence-corrected chi connectivity index (χ4v) is 6.11. The van der Waals surface area contributed by atoms with Crippen LogP contribution in [0, 0.1) is 11.3 Å². The zero-order chi connectivity index (χ0) is 23.9. The van der Waals surface area contributed by atoms with Gasteiger partial charge in [0.15, 0.2) is 0 Å². The molecule has 0 bridgehead atoms. The van der Waals surface area contributed by atoms with Gasteiger partial charge in [-0.15, -0.1) is 10.2 Å². The maximum absolute atomic E-state index is 12.0. The molecule has 1 unspecified atom stereocenters. The number of aromatic nitrogens is 2. The summed E-state index contributed by atoms with van der Waals surface area (Å²) in [4.78, 5) is 13.8. The lowest BCUT2D eigenvalue weighted by atomic mass is 9.81. The highest BCUT2D eigenvalue weighted by Crippen LogP contribution is 2.48. The average Bonchev–Trinajstić information content (AvgIpc) is 3.58. The van der Waals surface area contributed by atoms with E-state index in [9.17, 15) is 15.2 Å². The van der Waals surface area contributed by atoms with Crippen LogP contribution in [0.5, 0.6) is 5.75 Å². The molecule has 1 spiro atoms. The lowest BCUT2D eigenvalue weighted by Gasteiger charge is -2.25. The third-order valence-corrected chi connectivity index (χ3v) is 7.81. The maximum atomic E-state index is 12.0. The second-order valence-electron chi connectivity index (χ2n) is 9.24. The van der Waals surface area contributed by atoms with Gasteiger partial charge in [-0.2, -0.15) is 5.26 Å². The van der Waals surface area contributed by atoms with Crippen LogP contribution in [-0.2, 0) is 16.6 Å². The standard InChI is InChI=1S/C26H26N4O3S/c1-16(2)33-22-7-6-17(12-18(22)13-27)24-28-29-25(34-24)20-4-3-5-21-19(20)8-9-26(21)10-11-30(15-26)23(32)14-31/h3-7,12,16,31H,8-11,14-15H2,1-2H3. The van der Waals surface area contributed by atoms with Gasteiger partial charge >= 0.3 is 0 Å². The number of carbonyl (C=O) groups excluding carboxylic acids is 1. The highest BCUT2D eigenvalue weighted by atomic mass is 32.1. The summed E-state index contributed by atoms with van der Waals surface area (Å²) in [5.41, 5.74) is 4.93. The van der Waals surface area contributed by atoms with Gasteiger partial charge in [0.2, 0.25) is 5.91 Å².